The van der Waals surface area contributed by atoms with Gasteiger partial charge in [-0.05, 0) is 29.3 Å². The summed E-state index contributed by atoms with van der Waals surface area (Å²) in [6, 6.07) is 23.7. The molecule has 0 aliphatic heterocycles. The highest BCUT2D eigenvalue weighted by Gasteiger charge is 2.20. The lowest BCUT2D eigenvalue weighted by atomic mass is 10.1. The van der Waals surface area contributed by atoms with Crippen molar-refractivity contribution in [3.8, 4) is 0 Å². The van der Waals surface area contributed by atoms with E-state index in [0.717, 1.165) is 17.4 Å². The van der Waals surface area contributed by atoms with Crippen LogP contribution in [0.4, 0.5) is 0 Å². The van der Waals surface area contributed by atoms with E-state index >= 15 is 0 Å². The molecule has 1 amide bonds. The quantitative estimate of drug-likeness (QED) is 0.594. The Morgan fingerprint density at radius 1 is 0.857 bits per heavy atom. The largest absolute Gasteiger partial charge is 0.330 e. The molecule has 0 saturated heterocycles. The van der Waals surface area contributed by atoms with E-state index in [1.165, 1.54) is 12.1 Å². The standard InChI is InChI=1S/C22H20ClNO3S/c1-28(26,27)21-14-19(12-13-20(21)23)22(25)24(15-17-8-4-2-5-9-17)16-18-10-6-3-7-11-18/h2-14H,15-16H2,1H3. The van der Waals surface area contributed by atoms with Crippen molar-refractivity contribution in [1.82, 2.24) is 4.90 Å². The molecule has 3 rings (SSSR count). The summed E-state index contributed by atoms with van der Waals surface area (Å²) in [5.41, 5.74) is 2.27. The summed E-state index contributed by atoms with van der Waals surface area (Å²) in [4.78, 5) is 14.9. The average Bonchev–Trinajstić information content (AvgIpc) is 2.68. The van der Waals surface area contributed by atoms with Crippen molar-refractivity contribution in [3.63, 3.8) is 0 Å². The van der Waals surface area contributed by atoms with Gasteiger partial charge in [-0.15, -0.1) is 0 Å². The van der Waals surface area contributed by atoms with E-state index in [4.69, 9.17) is 11.6 Å². The van der Waals surface area contributed by atoms with Crippen LogP contribution in [0.5, 0.6) is 0 Å². The Morgan fingerprint density at radius 3 is 1.82 bits per heavy atom. The Labute approximate surface area is 170 Å². The Balaban J connectivity index is 1.96. The fourth-order valence-electron chi connectivity index (χ4n) is 2.91. The minimum Gasteiger partial charge on any atom is -0.330 e. The molecular weight excluding hydrogens is 394 g/mol. The smallest absolute Gasteiger partial charge is 0.254 e. The third kappa shape index (κ3) is 5.00. The molecule has 0 spiro atoms. The molecule has 144 valence electrons. The van der Waals surface area contributed by atoms with Gasteiger partial charge in [-0.2, -0.15) is 0 Å². The highest BCUT2D eigenvalue weighted by Crippen LogP contribution is 2.24. The van der Waals surface area contributed by atoms with Crippen molar-refractivity contribution in [2.45, 2.75) is 18.0 Å². The van der Waals surface area contributed by atoms with Crippen molar-refractivity contribution >= 4 is 27.3 Å². The van der Waals surface area contributed by atoms with Gasteiger partial charge in [-0.25, -0.2) is 8.42 Å². The molecule has 0 radical (unpaired) electrons. The van der Waals surface area contributed by atoms with E-state index in [9.17, 15) is 13.2 Å². The summed E-state index contributed by atoms with van der Waals surface area (Å²) in [5, 5.41) is 0.108. The predicted molar refractivity (Wildman–Crippen MR) is 111 cm³/mol. The average molecular weight is 414 g/mol. The first-order valence-electron chi connectivity index (χ1n) is 8.71. The Bertz CT molecular complexity index is 1030. The number of benzene rings is 3. The first-order valence-corrected chi connectivity index (χ1v) is 11.0. The lowest BCUT2D eigenvalue weighted by Gasteiger charge is -2.23. The van der Waals surface area contributed by atoms with Crippen LogP contribution >= 0.6 is 11.6 Å². The zero-order valence-corrected chi connectivity index (χ0v) is 17.0. The van der Waals surface area contributed by atoms with Gasteiger partial charge >= 0.3 is 0 Å². The topological polar surface area (TPSA) is 54.5 Å². The van der Waals surface area contributed by atoms with Gasteiger partial charge in [0.05, 0.1) is 9.92 Å². The number of rotatable bonds is 6. The Morgan fingerprint density at radius 2 is 1.36 bits per heavy atom. The number of hydrogen-bond donors (Lipinski definition) is 0. The molecule has 0 N–H and O–H groups in total. The number of amides is 1. The molecule has 0 aliphatic carbocycles. The molecule has 0 aromatic heterocycles. The van der Waals surface area contributed by atoms with Gasteiger partial charge in [-0.1, -0.05) is 72.3 Å². The molecule has 28 heavy (non-hydrogen) atoms. The van der Waals surface area contributed by atoms with Gasteiger partial charge in [0.25, 0.3) is 5.91 Å². The highest BCUT2D eigenvalue weighted by atomic mass is 35.5. The van der Waals surface area contributed by atoms with E-state index in [-0.39, 0.29) is 21.4 Å². The summed E-state index contributed by atoms with van der Waals surface area (Å²) in [6.07, 6.45) is 1.08. The molecule has 3 aromatic carbocycles. The van der Waals surface area contributed by atoms with E-state index in [1.54, 1.807) is 11.0 Å². The number of carbonyl (C=O) groups excluding carboxylic acids is 1. The molecule has 0 fully saturated rings. The number of carbonyl (C=O) groups is 1. The van der Waals surface area contributed by atoms with Crippen LogP contribution in [-0.2, 0) is 22.9 Å². The molecule has 6 heteroatoms. The van der Waals surface area contributed by atoms with Gasteiger partial charge in [-0.3, -0.25) is 4.79 Å². The minimum absolute atomic E-state index is 0.0422. The maximum absolute atomic E-state index is 13.2. The fourth-order valence-corrected chi connectivity index (χ4v) is 4.21. The number of hydrogen-bond acceptors (Lipinski definition) is 3. The molecule has 0 bridgehead atoms. The molecule has 4 nitrogen and oxygen atoms in total. The second-order valence-corrected chi connectivity index (χ2v) is 8.94. The summed E-state index contributed by atoms with van der Waals surface area (Å²) in [5.74, 6) is -0.255. The van der Waals surface area contributed by atoms with Crippen LogP contribution in [0.25, 0.3) is 0 Å². The van der Waals surface area contributed by atoms with Crippen molar-refractivity contribution in [1.29, 1.82) is 0 Å². The normalized spacial score (nSPS) is 11.2. The van der Waals surface area contributed by atoms with Crippen molar-refractivity contribution in [2.24, 2.45) is 0 Å². The Hall–Kier alpha value is -2.63. The van der Waals surface area contributed by atoms with Gasteiger partial charge in [0.2, 0.25) is 0 Å². The summed E-state index contributed by atoms with van der Waals surface area (Å²) < 4.78 is 23.9. The minimum atomic E-state index is -3.54. The zero-order valence-electron chi connectivity index (χ0n) is 15.4. The first kappa shape index (κ1) is 20.1. The lowest BCUT2D eigenvalue weighted by Crippen LogP contribution is -2.30. The molecular formula is C22H20ClNO3S. The highest BCUT2D eigenvalue weighted by molar-refractivity contribution is 7.90. The maximum Gasteiger partial charge on any atom is 0.254 e. The van der Waals surface area contributed by atoms with E-state index < -0.39 is 9.84 Å². The summed E-state index contributed by atoms with van der Waals surface area (Å²) >= 11 is 6.02. The maximum atomic E-state index is 13.2. The van der Waals surface area contributed by atoms with Crippen LogP contribution in [0.15, 0.2) is 83.8 Å². The molecule has 0 aliphatic rings. The van der Waals surface area contributed by atoms with Gasteiger partial charge in [0.1, 0.15) is 0 Å². The van der Waals surface area contributed by atoms with E-state index in [1.807, 2.05) is 60.7 Å². The molecule has 0 saturated carbocycles. The SMILES string of the molecule is CS(=O)(=O)c1cc(C(=O)N(Cc2ccccc2)Cc2ccccc2)ccc1Cl. The summed E-state index contributed by atoms with van der Waals surface area (Å²) in [7, 11) is -3.54. The molecule has 0 unspecified atom stereocenters. The van der Waals surface area contributed by atoms with Crippen LogP contribution < -0.4 is 0 Å². The third-order valence-corrected chi connectivity index (χ3v) is 5.88. The second kappa shape index (κ2) is 8.59. The third-order valence-electron chi connectivity index (χ3n) is 4.30. The zero-order chi connectivity index (χ0) is 20.1. The van der Waals surface area contributed by atoms with E-state index in [0.29, 0.717) is 13.1 Å². The van der Waals surface area contributed by atoms with Crippen LogP contribution in [0.1, 0.15) is 21.5 Å². The molecule has 3 aromatic rings. The molecule has 0 atom stereocenters. The van der Waals surface area contributed by atoms with Crippen LogP contribution in [0.2, 0.25) is 5.02 Å². The monoisotopic (exact) mass is 413 g/mol. The van der Waals surface area contributed by atoms with Gasteiger partial charge in [0, 0.05) is 24.9 Å². The van der Waals surface area contributed by atoms with Crippen molar-refractivity contribution < 1.29 is 13.2 Å². The second-order valence-electron chi connectivity index (χ2n) is 6.55. The van der Waals surface area contributed by atoms with Gasteiger partial charge < -0.3 is 4.90 Å². The molecule has 0 heterocycles. The number of sulfone groups is 1. The summed E-state index contributed by atoms with van der Waals surface area (Å²) in [6.45, 7) is 0.816. The number of halogens is 1. The van der Waals surface area contributed by atoms with E-state index in [2.05, 4.69) is 0 Å². The van der Waals surface area contributed by atoms with Crippen molar-refractivity contribution in [2.75, 3.05) is 6.26 Å². The van der Waals surface area contributed by atoms with Crippen LogP contribution in [-0.4, -0.2) is 25.5 Å². The van der Waals surface area contributed by atoms with Gasteiger partial charge in [0.15, 0.2) is 9.84 Å². The number of nitrogens with zero attached hydrogens (tertiary/aromatic N) is 1. The first-order chi connectivity index (χ1) is 13.3. The van der Waals surface area contributed by atoms with Crippen molar-refractivity contribution in [3.05, 3.63) is 101 Å². The lowest BCUT2D eigenvalue weighted by molar-refractivity contribution is 0.0730. The Kier molecular flexibility index (Phi) is 6.17. The van der Waals surface area contributed by atoms with Crippen LogP contribution in [0.3, 0.4) is 0 Å². The van der Waals surface area contributed by atoms with Crippen LogP contribution in [0, 0.1) is 0 Å². The predicted octanol–water partition coefficient (Wildman–Crippen LogP) is 4.59. The fraction of sp³-hybridized carbons (Fsp3) is 0.136.